The first-order valence-electron chi connectivity index (χ1n) is 3.93. The molecule has 0 aliphatic heterocycles. The molecule has 7 nitrogen and oxygen atoms in total. The standard InChI is InChI=1S/C6H11N5O2/c1-7-3-2-4-10-5-6(8-9-10)11(12)13/h5,7H,2-4H2,1H3. The highest BCUT2D eigenvalue weighted by atomic mass is 16.6. The molecule has 0 aliphatic carbocycles. The van der Waals surface area contributed by atoms with Gasteiger partial charge in [-0.15, -0.1) is 0 Å². The second-order valence-electron chi connectivity index (χ2n) is 2.55. The van der Waals surface area contributed by atoms with E-state index in [9.17, 15) is 10.1 Å². The third-order valence-corrected chi connectivity index (χ3v) is 1.53. The van der Waals surface area contributed by atoms with Crippen LogP contribution in [0.2, 0.25) is 0 Å². The second kappa shape index (κ2) is 4.51. The minimum atomic E-state index is -0.554. The molecule has 72 valence electrons. The maximum Gasteiger partial charge on any atom is 0.410 e. The van der Waals surface area contributed by atoms with Gasteiger partial charge < -0.3 is 15.4 Å². The lowest BCUT2D eigenvalue weighted by molar-refractivity contribution is -0.389. The van der Waals surface area contributed by atoms with Gasteiger partial charge in [-0.3, -0.25) is 0 Å². The van der Waals surface area contributed by atoms with Crippen LogP contribution in [0.15, 0.2) is 6.20 Å². The van der Waals surface area contributed by atoms with Crippen molar-refractivity contribution in [1.29, 1.82) is 0 Å². The van der Waals surface area contributed by atoms with Gasteiger partial charge >= 0.3 is 5.82 Å². The summed E-state index contributed by atoms with van der Waals surface area (Å²) in [5, 5.41) is 20.2. The van der Waals surface area contributed by atoms with E-state index in [0.29, 0.717) is 6.54 Å². The number of hydrogen-bond acceptors (Lipinski definition) is 5. The molecule has 1 heterocycles. The number of rotatable bonds is 5. The first-order valence-corrected chi connectivity index (χ1v) is 3.93. The molecule has 1 aromatic rings. The lowest BCUT2D eigenvalue weighted by Gasteiger charge is -1.96. The first kappa shape index (κ1) is 9.59. The highest BCUT2D eigenvalue weighted by molar-refractivity contribution is 5.08. The van der Waals surface area contributed by atoms with E-state index in [4.69, 9.17) is 0 Å². The van der Waals surface area contributed by atoms with Crippen LogP contribution >= 0.6 is 0 Å². The van der Waals surface area contributed by atoms with E-state index in [1.54, 1.807) is 0 Å². The van der Waals surface area contributed by atoms with Crippen LogP contribution in [0.3, 0.4) is 0 Å². The van der Waals surface area contributed by atoms with Gasteiger partial charge in [0.05, 0.1) is 5.21 Å². The summed E-state index contributed by atoms with van der Waals surface area (Å²) in [7, 11) is 1.85. The van der Waals surface area contributed by atoms with E-state index >= 15 is 0 Å². The topological polar surface area (TPSA) is 85.9 Å². The molecule has 0 spiro atoms. The van der Waals surface area contributed by atoms with E-state index in [0.717, 1.165) is 13.0 Å². The van der Waals surface area contributed by atoms with Crippen molar-refractivity contribution < 1.29 is 4.92 Å². The summed E-state index contributed by atoms with van der Waals surface area (Å²) in [6, 6.07) is 0. The zero-order valence-corrected chi connectivity index (χ0v) is 7.30. The molecule has 0 unspecified atom stereocenters. The molecule has 13 heavy (non-hydrogen) atoms. The number of nitro groups is 1. The molecule has 7 heteroatoms. The average molecular weight is 185 g/mol. The van der Waals surface area contributed by atoms with E-state index < -0.39 is 4.92 Å². The van der Waals surface area contributed by atoms with Crippen molar-refractivity contribution in [3.8, 4) is 0 Å². The molecule has 1 rings (SSSR count). The van der Waals surface area contributed by atoms with Crippen molar-refractivity contribution in [1.82, 2.24) is 20.3 Å². The lowest BCUT2D eigenvalue weighted by atomic mass is 10.4. The smallest absolute Gasteiger partial charge is 0.358 e. The zero-order valence-electron chi connectivity index (χ0n) is 7.30. The first-order chi connectivity index (χ1) is 6.24. The van der Waals surface area contributed by atoms with Crippen LogP contribution in [-0.4, -0.2) is 33.5 Å². The van der Waals surface area contributed by atoms with Crippen molar-refractivity contribution in [3.63, 3.8) is 0 Å². The Hall–Kier alpha value is -1.50. The van der Waals surface area contributed by atoms with E-state index in [-0.39, 0.29) is 5.82 Å². The van der Waals surface area contributed by atoms with Crippen molar-refractivity contribution in [2.75, 3.05) is 13.6 Å². The zero-order chi connectivity index (χ0) is 9.68. The second-order valence-corrected chi connectivity index (χ2v) is 2.55. The SMILES string of the molecule is CNCCCn1cc([N+](=O)[O-])nn1. The Morgan fingerprint density at radius 3 is 3.08 bits per heavy atom. The Kier molecular flexibility index (Phi) is 3.32. The quantitative estimate of drug-likeness (QED) is 0.390. The van der Waals surface area contributed by atoms with Gasteiger partial charge in [-0.25, -0.2) is 4.68 Å². The summed E-state index contributed by atoms with van der Waals surface area (Å²) in [6.45, 7) is 1.50. The van der Waals surface area contributed by atoms with Gasteiger partial charge in [0, 0.05) is 6.54 Å². The van der Waals surface area contributed by atoms with Crippen LogP contribution < -0.4 is 5.32 Å². The molecule has 0 saturated heterocycles. The molecule has 0 atom stereocenters. The van der Waals surface area contributed by atoms with Gasteiger partial charge in [0.25, 0.3) is 0 Å². The molecule has 1 aromatic heterocycles. The van der Waals surface area contributed by atoms with E-state index in [1.165, 1.54) is 10.9 Å². The van der Waals surface area contributed by atoms with Gasteiger partial charge in [0.2, 0.25) is 0 Å². The fraction of sp³-hybridized carbons (Fsp3) is 0.667. The highest BCUT2D eigenvalue weighted by Crippen LogP contribution is 2.02. The Bertz CT molecular complexity index is 284. The molecule has 0 aliphatic rings. The van der Waals surface area contributed by atoms with Crippen LogP contribution in [0.5, 0.6) is 0 Å². The Balaban J connectivity index is 2.44. The third kappa shape index (κ3) is 2.79. The summed E-state index contributed by atoms with van der Waals surface area (Å²) in [6.07, 6.45) is 2.20. The highest BCUT2D eigenvalue weighted by Gasteiger charge is 2.10. The maximum atomic E-state index is 10.2. The molecule has 0 aromatic carbocycles. The molecule has 0 amide bonds. The van der Waals surface area contributed by atoms with Gasteiger partial charge in [-0.05, 0) is 24.9 Å². The lowest BCUT2D eigenvalue weighted by Crippen LogP contribution is -2.11. The van der Waals surface area contributed by atoms with Gasteiger partial charge in [-0.2, -0.15) is 0 Å². The normalized spacial score (nSPS) is 10.2. The number of aryl methyl sites for hydroxylation is 1. The minimum absolute atomic E-state index is 0.204. The van der Waals surface area contributed by atoms with E-state index in [2.05, 4.69) is 15.6 Å². The summed E-state index contributed by atoms with van der Waals surface area (Å²) in [5.74, 6) is -0.204. The predicted molar refractivity (Wildman–Crippen MR) is 45.2 cm³/mol. The number of nitrogens with one attached hydrogen (secondary N) is 1. The molecule has 1 N–H and O–H groups in total. The van der Waals surface area contributed by atoms with Gasteiger partial charge in [0.15, 0.2) is 0 Å². The minimum Gasteiger partial charge on any atom is -0.358 e. The summed E-state index contributed by atoms with van der Waals surface area (Å²) in [4.78, 5) is 9.67. The van der Waals surface area contributed by atoms with Crippen LogP contribution in [0.25, 0.3) is 0 Å². The molecular weight excluding hydrogens is 174 g/mol. The summed E-state index contributed by atoms with van der Waals surface area (Å²) < 4.78 is 1.47. The van der Waals surface area contributed by atoms with Crippen molar-refractivity contribution in [2.24, 2.45) is 0 Å². The largest absolute Gasteiger partial charge is 0.410 e. The molecule has 0 radical (unpaired) electrons. The van der Waals surface area contributed by atoms with Crippen molar-refractivity contribution >= 4 is 5.82 Å². The summed E-state index contributed by atoms with van der Waals surface area (Å²) >= 11 is 0. The Labute approximate surface area is 74.9 Å². The number of hydrogen-bond donors (Lipinski definition) is 1. The van der Waals surface area contributed by atoms with E-state index in [1.807, 2.05) is 7.05 Å². The van der Waals surface area contributed by atoms with Crippen LogP contribution in [0.4, 0.5) is 5.82 Å². The Morgan fingerprint density at radius 2 is 2.54 bits per heavy atom. The fourth-order valence-corrected chi connectivity index (χ4v) is 0.899. The molecule has 0 fully saturated rings. The van der Waals surface area contributed by atoms with Gasteiger partial charge in [-0.1, -0.05) is 0 Å². The van der Waals surface area contributed by atoms with Crippen molar-refractivity contribution in [3.05, 3.63) is 16.3 Å². The summed E-state index contributed by atoms with van der Waals surface area (Å²) in [5.41, 5.74) is 0. The number of aromatic nitrogens is 3. The fourth-order valence-electron chi connectivity index (χ4n) is 0.899. The average Bonchev–Trinajstić information content (AvgIpc) is 2.53. The molecule has 0 bridgehead atoms. The van der Waals surface area contributed by atoms with Crippen LogP contribution in [0.1, 0.15) is 6.42 Å². The predicted octanol–water partition coefficient (Wildman–Crippen LogP) is -0.204. The van der Waals surface area contributed by atoms with Crippen LogP contribution in [0, 0.1) is 10.1 Å². The third-order valence-electron chi connectivity index (χ3n) is 1.53. The van der Waals surface area contributed by atoms with Crippen molar-refractivity contribution in [2.45, 2.75) is 13.0 Å². The molecule has 0 saturated carbocycles. The maximum absolute atomic E-state index is 10.2. The van der Waals surface area contributed by atoms with Gasteiger partial charge in [0.1, 0.15) is 11.3 Å². The van der Waals surface area contributed by atoms with Crippen LogP contribution in [-0.2, 0) is 6.54 Å². The molecular formula is C6H11N5O2. The number of nitrogens with zero attached hydrogens (tertiary/aromatic N) is 4. The monoisotopic (exact) mass is 185 g/mol. The Morgan fingerprint density at radius 1 is 1.77 bits per heavy atom.